The summed E-state index contributed by atoms with van der Waals surface area (Å²) in [7, 11) is -3.63. The lowest BCUT2D eigenvalue weighted by molar-refractivity contribution is 0.0985. The van der Waals surface area contributed by atoms with Crippen molar-refractivity contribution in [2.75, 3.05) is 24.7 Å². The molecule has 2 aromatic heterocycles. The standard InChI is InChI=1S/C28H28N4O5S2/c1-19-5-2-3-12-32(19)39(34,35)22-9-7-21(8-10-22)27(33)31(18-20-6-4-11-29-17-20)28-30-23-15-24-25(16-26(23)38-28)37-14-13-36-24/h4,6-11,15-17,19H,2-3,5,12-14,18H2,1H3. The number of amides is 1. The fourth-order valence-corrected chi connectivity index (χ4v) is 7.63. The minimum absolute atomic E-state index is 0.0412. The van der Waals surface area contributed by atoms with Gasteiger partial charge in [0.2, 0.25) is 10.0 Å². The monoisotopic (exact) mass is 564 g/mol. The molecule has 202 valence electrons. The van der Waals surface area contributed by atoms with Crippen molar-refractivity contribution in [1.82, 2.24) is 14.3 Å². The van der Waals surface area contributed by atoms with Crippen LogP contribution in [0.3, 0.4) is 0 Å². The molecular weight excluding hydrogens is 536 g/mol. The number of anilines is 1. The Morgan fingerprint density at radius 2 is 1.87 bits per heavy atom. The SMILES string of the molecule is CC1CCCCN1S(=O)(=O)c1ccc(C(=O)N(Cc2cccnc2)c2nc3cc4c(cc3s2)OCCO4)cc1. The van der Waals surface area contributed by atoms with Crippen molar-refractivity contribution < 1.29 is 22.7 Å². The second-order valence-corrected chi connectivity index (χ2v) is 12.6. The van der Waals surface area contributed by atoms with Crippen molar-refractivity contribution in [1.29, 1.82) is 0 Å². The van der Waals surface area contributed by atoms with Crippen LogP contribution in [-0.2, 0) is 16.6 Å². The van der Waals surface area contributed by atoms with E-state index in [0.717, 1.165) is 29.5 Å². The number of benzene rings is 2. The highest BCUT2D eigenvalue weighted by Gasteiger charge is 2.31. The number of thiazole rings is 1. The third-order valence-corrected chi connectivity index (χ3v) is 10.1. The molecule has 4 aromatic rings. The van der Waals surface area contributed by atoms with Crippen LogP contribution in [0, 0.1) is 0 Å². The topological polar surface area (TPSA) is 102 Å². The molecular formula is C28H28N4O5S2. The van der Waals surface area contributed by atoms with Crippen LogP contribution >= 0.6 is 11.3 Å². The van der Waals surface area contributed by atoms with Crippen molar-refractivity contribution in [2.45, 2.75) is 43.7 Å². The van der Waals surface area contributed by atoms with E-state index in [-0.39, 0.29) is 23.4 Å². The van der Waals surface area contributed by atoms with Crippen molar-refractivity contribution in [3.05, 3.63) is 72.1 Å². The molecule has 1 saturated heterocycles. The number of ether oxygens (including phenoxy) is 2. The average molecular weight is 565 g/mol. The number of pyridine rings is 1. The van der Waals surface area contributed by atoms with Crippen LogP contribution in [0.2, 0.25) is 0 Å². The van der Waals surface area contributed by atoms with E-state index >= 15 is 0 Å². The van der Waals surface area contributed by atoms with E-state index in [1.54, 1.807) is 33.7 Å². The van der Waals surface area contributed by atoms with Crippen LogP contribution in [0.5, 0.6) is 11.5 Å². The Labute approximate surface area is 231 Å². The predicted molar refractivity (Wildman–Crippen MR) is 149 cm³/mol. The van der Waals surface area contributed by atoms with Gasteiger partial charge in [-0.1, -0.05) is 23.8 Å². The smallest absolute Gasteiger partial charge is 0.260 e. The van der Waals surface area contributed by atoms with Crippen molar-refractivity contribution in [3.8, 4) is 11.5 Å². The summed E-state index contributed by atoms with van der Waals surface area (Å²) < 4.78 is 40.4. The molecule has 0 saturated carbocycles. The van der Waals surface area contributed by atoms with Gasteiger partial charge in [-0.05, 0) is 55.7 Å². The van der Waals surface area contributed by atoms with Crippen molar-refractivity contribution in [2.24, 2.45) is 0 Å². The van der Waals surface area contributed by atoms with E-state index in [4.69, 9.17) is 14.5 Å². The fraction of sp³-hybridized carbons (Fsp3) is 0.321. The largest absolute Gasteiger partial charge is 0.486 e. The first-order valence-electron chi connectivity index (χ1n) is 12.9. The number of hydrogen-bond acceptors (Lipinski definition) is 8. The van der Waals surface area contributed by atoms with Gasteiger partial charge in [-0.3, -0.25) is 14.7 Å². The number of piperidine rings is 1. The van der Waals surface area contributed by atoms with E-state index in [0.29, 0.717) is 47.5 Å². The number of carbonyl (C=O) groups excluding carboxylic acids is 1. The molecule has 2 aliphatic heterocycles. The number of aromatic nitrogens is 2. The molecule has 4 heterocycles. The summed E-state index contributed by atoms with van der Waals surface area (Å²) in [6.45, 7) is 3.67. The van der Waals surface area contributed by atoms with Gasteiger partial charge in [0.1, 0.15) is 13.2 Å². The van der Waals surface area contributed by atoms with Crippen LogP contribution in [0.15, 0.2) is 65.8 Å². The highest BCUT2D eigenvalue weighted by atomic mass is 32.2. The Kier molecular flexibility index (Phi) is 6.96. The Morgan fingerprint density at radius 3 is 2.59 bits per heavy atom. The summed E-state index contributed by atoms with van der Waals surface area (Å²) >= 11 is 1.38. The van der Waals surface area contributed by atoms with Gasteiger partial charge < -0.3 is 9.47 Å². The van der Waals surface area contributed by atoms with E-state index in [1.165, 1.54) is 23.5 Å². The zero-order valence-electron chi connectivity index (χ0n) is 21.4. The highest BCUT2D eigenvalue weighted by Crippen LogP contribution is 2.39. The Hall–Kier alpha value is -3.54. The van der Waals surface area contributed by atoms with Crippen LogP contribution in [-0.4, -0.2) is 54.4 Å². The Bertz CT molecular complexity index is 1560. The van der Waals surface area contributed by atoms with Gasteiger partial charge in [-0.2, -0.15) is 4.31 Å². The molecule has 9 nitrogen and oxygen atoms in total. The molecule has 1 unspecified atom stereocenters. The van der Waals surface area contributed by atoms with Gasteiger partial charge in [0.05, 0.1) is 21.7 Å². The van der Waals surface area contributed by atoms with E-state index in [1.807, 2.05) is 31.2 Å². The maximum Gasteiger partial charge on any atom is 0.260 e. The summed E-state index contributed by atoms with van der Waals surface area (Å²) in [6, 6.07) is 13.6. The lowest BCUT2D eigenvalue weighted by atomic mass is 10.1. The first kappa shape index (κ1) is 25.7. The maximum absolute atomic E-state index is 13.9. The summed E-state index contributed by atoms with van der Waals surface area (Å²) in [5, 5.41) is 0.514. The number of rotatable bonds is 6. The summed E-state index contributed by atoms with van der Waals surface area (Å²) in [5.74, 6) is 1.01. The minimum Gasteiger partial charge on any atom is -0.486 e. The molecule has 2 aromatic carbocycles. The van der Waals surface area contributed by atoms with Gasteiger partial charge in [-0.25, -0.2) is 13.4 Å². The summed E-state index contributed by atoms with van der Waals surface area (Å²) in [5.41, 5.74) is 1.92. The summed E-state index contributed by atoms with van der Waals surface area (Å²) in [6.07, 6.45) is 6.13. The number of nitrogens with zero attached hydrogens (tertiary/aromatic N) is 4. The first-order chi connectivity index (χ1) is 18.9. The van der Waals surface area contributed by atoms with Gasteiger partial charge in [0, 0.05) is 42.7 Å². The van der Waals surface area contributed by atoms with Crippen LogP contribution in [0.1, 0.15) is 42.1 Å². The van der Waals surface area contributed by atoms with Crippen LogP contribution < -0.4 is 14.4 Å². The molecule has 1 fully saturated rings. The molecule has 0 N–H and O–H groups in total. The van der Waals surface area contributed by atoms with Crippen LogP contribution in [0.4, 0.5) is 5.13 Å². The molecule has 0 bridgehead atoms. The Morgan fingerprint density at radius 1 is 1.10 bits per heavy atom. The summed E-state index contributed by atoms with van der Waals surface area (Å²) in [4.78, 5) is 24.6. The maximum atomic E-state index is 13.9. The second-order valence-electron chi connectivity index (χ2n) is 9.70. The predicted octanol–water partition coefficient (Wildman–Crippen LogP) is 4.87. The third-order valence-electron chi connectivity index (χ3n) is 7.03. The van der Waals surface area contributed by atoms with Gasteiger partial charge in [0.25, 0.3) is 5.91 Å². The third kappa shape index (κ3) is 5.09. The Balaban J connectivity index is 1.33. The average Bonchev–Trinajstić information content (AvgIpc) is 3.37. The number of carbonyl (C=O) groups is 1. The number of fused-ring (bicyclic) bond motifs is 2. The number of hydrogen-bond donors (Lipinski definition) is 0. The zero-order valence-corrected chi connectivity index (χ0v) is 23.1. The molecule has 0 spiro atoms. The van der Waals surface area contributed by atoms with Crippen molar-refractivity contribution in [3.63, 3.8) is 0 Å². The van der Waals surface area contributed by atoms with E-state index in [2.05, 4.69) is 4.98 Å². The second kappa shape index (κ2) is 10.6. The molecule has 1 amide bonds. The fourth-order valence-electron chi connectivity index (χ4n) is 4.96. The van der Waals surface area contributed by atoms with Gasteiger partial charge in [0.15, 0.2) is 16.6 Å². The quantitative estimate of drug-likeness (QED) is 0.329. The lowest BCUT2D eigenvalue weighted by Crippen LogP contribution is -2.41. The molecule has 0 aliphatic carbocycles. The molecule has 11 heteroatoms. The van der Waals surface area contributed by atoms with E-state index < -0.39 is 10.0 Å². The lowest BCUT2D eigenvalue weighted by Gasteiger charge is -2.32. The molecule has 6 rings (SSSR count). The number of sulfonamides is 1. The van der Waals surface area contributed by atoms with E-state index in [9.17, 15) is 13.2 Å². The molecule has 0 radical (unpaired) electrons. The van der Waals surface area contributed by atoms with Crippen molar-refractivity contribution >= 4 is 42.6 Å². The molecule has 2 aliphatic rings. The minimum atomic E-state index is -3.63. The molecule has 39 heavy (non-hydrogen) atoms. The van der Waals surface area contributed by atoms with Gasteiger partial charge in [-0.15, -0.1) is 0 Å². The highest BCUT2D eigenvalue weighted by molar-refractivity contribution is 7.89. The van der Waals surface area contributed by atoms with Crippen LogP contribution in [0.25, 0.3) is 10.2 Å². The van der Waals surface area contributed by atoms with Gasteiger partial charge >= 0.3 is 0 Å². The molecule has 1 atom stereocenters. The first-order valence-corrected chi connectivity index (χ1v) is 15.2. The zero-order chi connectivity index (χ0) is 27.0. The normalized spacial score (nSPS) is 17.7.